The van der Waals surface area contributed by atoms with Gasteiger partial charge in [0.05, 0.1) is 30.9 Å². The summed E-state index contributed by atoms with van der Waals surface area (Å²) in [6.45, 7) is 3.40. The van der Waals surface area contributed by atoms with Crippen molar-refractivity contribution in [1.82, 2.24) is 5.32 Å². The van der Waals surface area contributed by atoms with Crippen molar-refractivity contribution in [1.29, 1.82) is 0 Å². The number of carbonyl (C=O) groups excluding carboxylic acids is 3. The number of hydrogen-bond acceptors (Lipinski definition) is 5. The summed E-state index contributed by atoms with van der Waals surface area (Å²) < 4.78 is 5.09. The molecule has 0 saturated heterocycles. The van der Waals surface area contributed by atoms with E-state index in [1.165, 1.54) is 0 Å². The van der Waals surface area contributed by atoms with Gasteiger partial charge in [-0.05, 0) is 42.3 Å². The Hall–Kier alpha value is -3.10. The van der Waals surface area contributed by atoms with Gasteiger partial charge in [-0.3, -0.25) is 14.4 Å². The molecule has 162 valence electrons. The number of rotatable bonds is 8. The third-order valence-electron chi connectivity index (χ3n) is 4.24. The molecule has 0 heterocycles. The van der Waals surface area contributed by atoms with Crippen LogP contribution in [0.1, 0.15) is 24.2 Å². The Bertz CT molecular complexity index is 872. The molecule has 30 heavy (non-hydrogen) atoms. The number of nitrogens with one attached hydrogen (secondary N) is 3. The van der Waals surface area contributed by atoms with Crippen molar-refractivity contribution < 1.29 is 19.1 Å². The van der Waals surface area contributed by atoms with Crippen LogP contribution in [-0.4, -0.2) is 37.4 Å². The van der Waals surface area contributed by atoms with Crippen LogP contribution in [0.3, 0.4) is 0 Å². The molecule has 2 aromatic carbocycles. The van der Waals surface area contributed by atoms with E-state index in [2.05, 4.69) is 16.0 Å². The Balaban J connectivity index is 0.00000450. The minimum absolute atomic E-state index is 0. The molecule has 0 bridgehead atoms. The van der Waals surface area contributed by atoms with Crippen molar-refractivity contribution in [3.8, 4) is 5.75 Å². The Kier molecular flexibility index (Phi) is 9.80. The van der Waals surface area contributed by atoms with E-state index in [0.717, 1.165) is 0 Å². The van der Waals surface area contributed by atoms with Crippen LogP contribution in [0.2, 0.25) is 0 Å². The highest BCUT2D eigenvalue weighted by Crippen LogP contribution is 2.19. The van der Waals surface area contributed by atoms with Gasteiger partial charge in [-0.15, -0.1) is 12.4 Å². The molecular formula is C21H27ClN4O4. The summed E-state index contributed by atoms with van der Waals surface area (Å²) in [7, 11) is 1.56. The van der Waals surface area contributed by atoms with Crippen LogP contribution >= 0.6 is 12.4 Å². The minimum atomic E-state index is -0.689. The summed E-state index contributed by atoms with van der Waals surface area (Å²) in [4.78, 5) is 36.7. The topological polar surface area (TPSA) is 123 Å². The molecule has 0 aliphatic heterocycles. The molecule has 0 radical (unpaired) electrons. The molecule has 0 aliphatic carbocycles. The second-order valence-corrected chi connectivity index (χ2v) is 6.76. The average molecular weight is 435 g/mol. The van der Waals surface area contributed by atoms with E-state index >= 15 is 0 Å². The Morgan fingerprint density at radius 2 is 1.63 bits per heavy atom. The monoisotopic (exact) mass is 434 g/mol. The second-order valence-electron chi connectivity index (χ2n) is 6.76. The lowest BCUT2D eigenvalue weighted by Crippen LogP contribution is -2.46. The van der Waals surface area contributed by atoms with Crippen molar-refractivity contribution in [3.05, 3.63) is 54.1 Å². The van der Waals surface area contributed by atoms with Crippen LogP contribution < -0.4 is 26.4 Å². The van der Waals surface area contributed by atoms with Crippen LogP contribution in [0.15, 0.2) is 48.5 Å². The van der Waals surface area contributed by atoms with E-state index < -0.39 is 17.9 Å². The van der Waals surface area contributed by atoms with Crippen molar-refractivity contribution in [2.75, 3.05) is 24.3 Å². The Labute approximate surface area is 182 Å². The molecule has 2 aromatic rings. The molecule has 0 aliphatic rings. The number of anilines is 2. The third-order valence-corrected chi connectivity index (χ3v) is 4.24. The van der Waals surface area contributed by atoms with Gasteiger partial charge in [0.2, 0.25) is 11.8 Å². The van der Waals surface area contributed by atoms with Crippen molar-refractivity contribution in [2.45, 2.75) is 19.9 Å². The number of amides is 3. The van der Waals surface area contributed by atoms with Crippen LogP contribution in [0.5, 0.6) is 5.75 Å². The molecule has 0 unspecified atom stereocenters. The second kappa shape index (κ2) is 11.8. The zero-order valence-corrected chi connectivity index (χ0v) is 17.9. The van der Waals surface area contributed by atoms with Gasteiger partial charge < -0.3 is 26.4 Å². The molecule has 1 atom stereocenters. The SMILES string of the molecule is COc1ccc(NC(=O)c2ccccc2NC(=O)CNC(=O)[C@@H](N)C(C)C)cc1.Cl. The largest absolute Gasteiger partial charge is 0.497 e. The lowest BCUT2D eigenvalue weighted by molar-refractivity contribution is -0.125. The van der Waals surface area contributed by atoms with E-state index in [9.17, 15) is 14.4 Å². The van der Waals surface area contributed by atoms with Crippen molar-refractivity contribution in [2.24, 2.45) is 11.7 Å². The van der Waals surface area contributed by atoms with Gasteiger partial charge >= 0.3 is 0 Å². The number of hydrogen-bond donors (Lipinski definition) is 4. The molecule has 0 spiro atoms. The molecule has 3 amide bonds. The maximum absolute atomic E-state index is 12.6. The fourth-order valence-electron chi connectivity index (χ4n) is 2.45. The fraction of sp³-hybridized carbons (Fsp3) is 0.286. The zero-order valence-electron chi connectivity index (χ0n) is 17.1. The number of para-hydroxylation sites is 1. The molecule has 2 rings (SSSR count). The van der Waals surface area contributed by atoms with E-state index in [1.54, 1.807) is 55.6 Å². The van der Waals surface area contributed by atoms with E-state index in [0.29, 0.717) is 22.7 Å². The van der Waals surface area contributed by atoms with Gasteiger partial charge in [0.25, 0.3) is 5.91 Å². The van der Waals surface area contributed by atoms with Gasteiger partial charge in [-0.25, -0.2) is 0 Å². The van der Waals surface area contributed by atoms with Crippen LogP contribution in [0.4, 0.5) is 11.4 Å². The van der Waals surface area contributed by atoms with Gasteiger partial charge in [0.15, 0.2) is 0 Å². The van der Waals surface area contributed by atoms with Gasteiger partial charge in [0.1, 0.15) is 5.75 Å². The van der Waals surface area contributed by atoms with Crippen LogP contribution in [0, 0.1) is 5.92 Å². The number of methoxy groups -OCH3 is 1. The number of benzene rings is 2. The van der Waals surface area contributed by atoms with Crippen LogP contribution in [-0.2, 0) is 9.59 Å². The maximum atomic E-state index is 12.6. The fourth-order valence-corrected chi connectivity index (χ4v) is 2.45. The average Bonchev–Trinajstić information content (AvgIpc) is 2.72. The lowest BCUT2D eigenvalue weighted by atomic mass is 10.1. The first-order valence-corrected chi connectivity index (χ1v) is 9.19. The zero-order chi connectivity index (χ0) is 21.4. The lowest BCUT2D eigenvalue weighted by Gasteiger charge is -2.15. The first kappa shape index (κ1) is 24.9. The van der Waals surface area contributed by atoms with E-state index in [1.807, 2.05) is 13.8 Å². The summed E-state index contributed by atoms with van der Waals surface area (Å²) >= 11 is 0. The van der Waals surface area contributed by atoms with Crippen LogP contribution in [0.25, 0.3) is 0 Å². The maximum Gasteiger partial charge on any atom is 0.257 e. The number of nitrogens with two attached hydrogens (primary N) is 1. The van der Waals surface area contributed by atoms with Gasteiger partial charge in [-0.2, -0.15) is 0 Å². The quantitative estimate of drug-likeness (QED) is 0.508. The third kappa shape index (κ3) is 7.06. The predicted octanol–water partition coefficient (Wildman–Crippen LogP) is 2.41. The highest BCUT2D eigenvalue weighted by molar-refractivity contribution is 6.10. The highest BCUT2D eigenvalue weighted by atomic mass is 35.5. The summed E-state index contributed by atoms with van der Waals surface area (Å²) in [5.41, 5.74) is 6.97. The Morgan fingerprint density at radius 1 is 1.00 bits per heavy atom. The summed E-state index contributed by atoms with van der Waals surface area (Å²) in [6, 6.07) is 12.8. The van der Waals surface area contributed by atoms with Crippen molar-refractivity contribution in [3.63, 3.8) is 0 Å². The molecular weight excluding hydrogens is 408 g/mol. The minimum Gasteiger partial charge on any atom is -0.497 e. The van der Waals surface area contributed by atoms with Gasteiger partial charge in [0, 0.05) is 5.69 Å². The molecule has 9 heteroatoms. The number of halogens is 1. The Morgan fingerprint density at radius 3 is 2.23 bits per heavy atom. The molecule has 8 nitrogen and oxygen atoms in total. The number of ether oxygens (including phenoxy) is 1. The molecule has 0 fully saturated rings. The molecule has 5 N–H and O–H groups in total. The smallest absolute Gasteiger partial charge is 0.257 e. The summed E-state index contributed by atoms with van der Waals surface area (Å²) in [5, 5.41) is 7.91. The first-order chi connectivity index (χ1) is 13.8. The van der Waals surface area contributed by atoms with E-state index in [4.69, 9.17) is 10.5 Å². The van der Waals surface area contributed by atoms with E-state index in [-0.39, 0.29) is 30.8 Å². The summed E-state index contributed by atoms with van der Waals surface area (Å²) in [6.07, 6.45) is 0. The standard InChI is InChI=1S/C21H26N4O4.ClH/c1-13(2)19(22)21(28)23-12-18(26)25-17-7-5-4-6-16(17)20(27)24-14-8-10-15(29-3)11-9-14;/h4-11,13,19H,12,22H2,1-3H3,(H,23,28)(H,24,27)(H,25,26);1H/t19-;/m0./s1. The highest BCUT2D eigenvalue weighted by Gasteiger charge is 2.18. The molecule has 0 saturated carbocycles. The van der Waals surface area contributed by atoms with Gasteiger partial charge in [-0.1, -0.05) is 26.0 Å². The molecule has 0 aromatic heterocycles. The number of carbonyl (C=O) groups is 3. The summed E-state index contributed by atoms with van der Waals surface area (Å²) in [5.74, 6) is -0.605. The first-order valence-electron chi connectivity index (χ1n) is 9.19. The normalized spacial score (nSPS) is 11.1. The van der Waals surface area contributed by atoms with Crippen molar-refractivity contribution >= 4 is 41.5 Å². The predicted molar refractivity (Wildman–Crippen MR) is 119 cm³/mol.